The lowest BCUT2D eigenvalue weighted by molar-refractivity contribution is -0.114. The van der Waals surface area contributed by atoms with E-state index in [1.165, 1.54) is 0 Å². The second-order valence-electron chi connectivity index (χ2n) is 8.75. The first-order chi connectivity index (χ1) is 18.0. The Morgan fingerprint density at radius 1 is 1.03 bits per heavy atom. The fourth-order valence-electron chi connectivity index (χ4n) is 3.92. The number of unbranched alkanes of at least 4 members (excludes halogenated alkanes) is 1. The Labute approximate surface area is 221 Å². The predicted octanol–water partition coefficient (Wildman–Crippen LogP) is 5.29. The molecule has 0 spiro atoms. The van der Waals surface area contributed by atoms with Gasteiger partial charge in [0, 0.05) is 31.3 Å². The normalized spacial score (nSPS) is 13.6. The van der Waals surface area contributed by atoms with E-state index in [1.807, 2.05) is 53.4 Å². The molecule has 192 valence electrons. The van der Waals surface area contributed by atoms with Crippen molar-refractivity contribution in [3.05, 3.63) is 83.0 Å². The van der Waals surface area contributed by atoms with Gasteiger partial charge in [-0.1, -0.05) is 29.8 Å². The maximum atomic E-state index is 12.6. The molecule has 8 heteroatoms. The van der Waals surface area contributed by atoms with Gasteiger partial charge in [0.2, 0.25) is 0 Å². The van der Waals surface area contributed by atoms with Gasteiger partial charge in [0.25, 0.3) is 5.91 Å². The van der Waals surface area contributed by atoms with E-state index in [0.29, 0.717) is 67.9 Å². The third kappa shape index (κ3) is 7.65. The zero-order valence-corrected chi connectivity index (χ0v) is 21.3. The van der Waals surface area contributed by atoms with Crippen LogP contribution in [-0.4, -0.2) is 54.5 Å². The number of ether oxygens (including phenoxy) is 2. The Balaban J connectivity index is 1.22. The summed E-state index contributed by atoms with van der Waals surface area (Å²) in [6.07, 6.45) is 6.83. The first-order valence-corrected chi connectivity index (χ1v) is 12.7. The van der Waals surface area contributed by atoms with Crippen molar-refractivity contribution in [3.8, 4) is 16.9 Å². The van der Waals surface area contributed by atoms with Crippen LogP contribution < -0.4 is 10.5 Å². The molecule has 1 fully saturated rings. The predicted molar refractivity (Wildman–Crippen MR) is 146 cm³/mol. The van der Waals surface area contributed by atoms with E-state index in [9.17, 15) is 9.59 Å². The summed E-state index contributed by atoms with van der Waals surface area (Å²) in [4.78, 5) is 30.5. The Kier molecular flexibility index (Phi) is 9.29. The molecule has 2 aromatic carbocycles. The molecule has 1 aromatic heterocycles. The van der Waals surface area contributed by atoms with Crippen molar-refractivity contribution < 1.29 is 19.1 Å². The highest BCUT2D eigenvalue weighted by atomic mass is 35.5. The summed E-state index contributed by atoms with van der Waals surface area (Å²) >= 11 is 6.46. The molecule has 1 saturated heterocycles. The lowest BCUT2D eigenvalue weighted by Gasteiger charge is -2.26. The molecule has 37 heavy (non-hydrogen) atoms. The topological polar surface area (TPSA) is 94.8 Å². The maximum Gasteiger partial charge on any atom is 0.254 e. The molecule has 3 aromatic rings. The summed E-state index contributed by atoms with van der Waals surface area (Å²) < 4.78 is 11.1. The summed E-state index contributed by atoms with van der Waals surface area (Å²) in [6, 6.07) is 16.7. The fourth-order valence-corrected chi connectivity index (χ4v) is 4.16. The first-order valence-electron chi connectivity index (χ1n) is 12.3. The molecule has 0 aliphatic carbocycles. The molecule has 4 rings (SSSR count). The third-order valence-corrected chi connectivity index (χ3v) is 6.34. The number of rotatable bonds is 10. The lowest BCUT2D eigenvalue weighted by Crippen LogP contribution is -2.40. The zero-order chi connectivity index (χ0) is 26.0. The van der Waals surface area contributed by atoms with Crippen LogP contribution in [0.4, 0.5) is 5.82 Å². The quantitative estimate of drug-likeness (QED) is 0.289. The molecular formula is C29H30ClN3O4. The van der Waals surface area contributed by atoms with Gasteiger partial charge in [-0.2, -0.15) is 0 Å². The van der Waals surface area contributed by atoms with Crippen LogP contribution in [0, 0.1) is 0 Å². The number of hydrogen-bond donors (Lipinski definition) is 1. The number of hydrogen-bond acceptors (Lipinski definition) is 6. The summed E-state index contributed by atoms with van der Waals surface area (Å²) in [5.74, 6) is 1.13. The number of pyridine rings is 1. The Bertz CT molecular complexity index is 1240. The summed E-state index contributed by atoms with van der Waals surface area (Å²) in [5, 5.41) is 0.516. The highest BCUT2D eigenvalue weighted by Gasteiger charge is 2.18. The van der Waals surface area contributed by atoms with E-state index in [0.717, 1.165) is 23.1 Å². The van der Waals surface area contributed by atoms with Crippen LogP contribution in [0.25, 0.3) is 17.2 Å². The minimum Gasteiger partial charge on any atom is -0.492 e. The number of carbonyl (C=O) groups excluding carboxylic acids is 2. The van der Waals surface area contributed by atoms with E-state index in [4.69, 9.17) is 26.8 Å². The van der Waals surface area contributed by atoms with Gasteiger partial charge in [-0.3, -0.25) is 9.59 Å². The second kappa shape index (κ2) is 13.0. The van der Waals surface area contributed by atoms with Crippen LogP contribution in [0.1, 0.15) is 35.2 Å². The Hall–Kier alpha value is -3.68. The number of nitrogen functional groups attached to an aromatic ring is 1. The number of carbonyl (C=O) groups is 2. The van der Waals surface area contributed by atoms with Crippen LogP contribution in [0.3, 0.4) is 0 Å². The number of nitrogens with two attached hydrogens (primary N) is 1. The number of amides is 1. The molecule has 1 aliphatic rings. The molecule has 0 atom stereocenters. The van der Waals surface area contributed by atoms with Gasteiger partial charge >= 0.3 is 0 Å². The Morgan fingerprint density at radius 3 is 2.49 bits per heavy atom. The van der Waals surface area contributed by atoms with Crippen molar-refractivity contribution in [2.75, 3.05) is 38.6 Å². The van der Waals surface area contributed by atoms with Crippen molar-refractivity contribution >= 4 is 35.2 Å². The van der Waals surface area contributed by atoms with Gasteiger partial charge in [0.1, 0.15) is 11.6 Å². The van der Waals surface area contributed by atoms with Gasteiger partial charge in [0.05, 0.1) is 24.8 Å². The Morgan fingerprint density at radius 2 is 1.78 bits per heavy atom. The zero-order valence-electron chi connectivity index (χ0n) is 20.6. The van der Waals surface area contributed by atoms with Crippen LogP contribution in [0.15, 0.2) is 66.9 Å². The van der Waals surface area contributed by atoms with Gasteiger partial charge in [-0.15, -0.1) is 0 Å². The highest BCUT2D eigenvalue weighted by Crippen LogP contribution is 2.31. The molecule has 2 N–H and O–H groups in total. The maximum absolute atomic E-state index is 12.6. The van der Waals surface area contributed by atoms with Crippen LogP contribution in [-0.2, 0) is 9.53 Å². The van der Waals surface area contributed by atoms with E-state index >= 15 is 0 Å². The highest BCUT2D eigenvalue weighted by molar-refractivity contribution is 6.32. The van der Waals surface area contributed by atoms with E-state index in [1.54, 1.807) is 24.4 Å². The van der Waals surface area contributed by atoms with E-state index in [-0.39, 0.29) is 11.7 Å². The monoisotopic (exact) mass is 519 g/mol. The molecule has 1 amide bonds. The minimum absolute atomic E-state index is 0.0217. The van der Waals surface area contributed by atoms with Crippen LogP contribution in [0.5, 0.6) is 5.75 Å². The molecule has 7 nitrogen and oxygen atoms in total. The van der Waals surface area contributed by atoms with Crippen molar-refractivity contribution in [2.24, 2.45) is 0 Å². The lowest BCUT2D eigenvalue weighted by atomic mass is 10.0. The van der Waals surface area contributed by atoms with Gasteiger partial charge in [0.15, 0.2) is 5.78 Å². The van der Waals surface area contributed by atoms with Crippen molar-refractivity contribution in [3.63, 3.8) is 0 Å². The van der Waals surface area contributed by atoms with Crippen molar-refractivity contribution in [1.29, 1.82) is 0 Å². The number of morpholine rings is 1. The first kappa shape index (κ1) is 26.4. The number of halogens is 1. The average molecular weight is 520 g/mol. The molecule has 0 radical (unpaired) electrons. The van der Waals surface area contributed by atoms with Gasteiger partial charge in [-0.25, -0.2) is 4.98 Å². The third-order valence-electron chi connectivity index (χ3n) is 6.04. The van der Waals surface area contributed by atoms with Gasteiger partial charge in [-0.05, 0) is 78.1 Å². The number of benzene rings is 2. The minimum atomic E-state index is 0.0217. The largest absolute Gasteiger partial charge is 0.492 e. The standard InChI is InChI=1S/C29H30ClN3O4/c30-26-19-24(22-6-8-23(9-7-22)29(35)33-14-17-36-18-15-33)10-12-27(26)37-16-2-1-3-25(34)11-4-21-5-13-28(31)32-20-21/h4-13,19-20H,1-3,14-18H2,(H2,31,32)/b11-4+. The number of anilines is 1. The summed E-state index contributed by atoms with van der Waals surface area (Å²) in [7, 11) is 0. The molecule has 2 heterocycles. The summed E-state index contributed by atoms with van der Waals surface area (Å²) in [5.41, 5.74) is 8.96. The van der Waals surface area contributed by atoms with Crippen LogP contribution >= 0.6 is 11.6 Å². The second-order valence-corrected chi connectivity index (χ2v) is 9.16. The summed E-state index contributed by atoms with van der Waals surface area (Å²) in [6.45, 7) is 2.86. The molecular weight excluding hydrogens is 490 g/mol. The molecule has 0 unspecified atom stereocenters. The van der Waals surface area contributed by atoms with Crippen LogP contribution in [0.2, 0.25) is 5.02 Å². The SMILES string of the molecule is Nc1ccc(/C=C/C(=O)CCCCOc2ccc(-c3ccc(C(=O)N4CCOCC4)cc3)cc2Cl)cn1. The van der Waals surface area contributed by atoms with E-state index in [2.05, 4.69) is 4.98 Å². The number of ketones is 1. The smallest absolute Gasteiger partial charge is 0.254 e. The van der Waals surface area contributed by atoms with Crippen molar-refractivity contribution in [2.45, 2.75) is 19.3 Å². The van der Waals surface area contributed by atoms with Crippen molar-refractivity contribution in [1.82, 2.24) is 9.88 Å². The fraction of sp³-hybridized carbons (Fsp3) is 0.276. The molecule has 0 saturated carbocycles. The average Bonchev–Trinajstić information content (AvgIpc) is 2.93. The number of aromatic nitrogens is 1. The van der Waals surface area contributed by atoms with Gasteiger partial charge < -0.3 is 20.1 Å². The number of nitrogens with zero attached hydrogens (tertiary/aromatic N) is 2. The van der Waals surface area contributed by atoms with E-state index < -0.39 is 0 Å². The molecule has 0 bridgehead atoms. The number of allylic oxidation sites excluding steroid dienone is 1. The molecule has 1 aliphatic heterocycles.